The van der Waals surface area contributed by atoms with Gasteiger partial charge in [-0.3, -0.25) is 14.6 Å². The number of nitrogens with zero attached hydrogens (tertiary/aromatic N) is 2. The molecule has 0 aliphatic carbocycles. The summed E-state index contributed by atoms with van der Waals surface area (Å²) in [5.41, 5.74) is 5.86. The Morgan fingerprint density at radius 3 is 2.79 bits per heavy atom. The van der Waals surface area contributed by atoms with Gasteiger partial charge < -0.3 is 10.6 Å². The molecule has 0 unspecified atom stereocenters. The Kier molecular flexibility index (Phi) is 4.19. The molecular weight excluding hydrogens is 310 g/mol. The van der Waals surface area contributed by atoms with Crippen molar-refractivity contribution in [3.8, 4) is 0 Å². The van der Waals surface area contributed by atoms with Gasteiger partial charge in [-0.2, -0.15) is 0 Å². The number of piperidine rings is 1. The monoisotopic (exact) mass is 325 g/mol. The number of nitrogens with two attached hydrogens (primary N) is 1. The third-order valence-corrected chi connectivity index (χ3v) is 3.93. The fourth-order valence-electron chi connectivity index (χ4n) is 2.32. The molecule has 1 fully saturated rings. The van der Waals surface area contributed by atoms with E-state index in [1.54, 1.807) is 17.2 Å². The molecule has 2 amide bonds. The largest absolute Gasteiger partial charge is 0.369 e. The van der Waals surface area contributed by atoms with Gasteiger partial charge in [0, 0.05) is 29.5 Å². The molecule has 19 heavy (non-hydrogen) atoms. The average Bonchev–Trinajstić information content (AvgIpc) is 2.38. The van der Waals surface area contributed by atoms with Crippen LogP contribution in [0.25, 0.3) is 0 Å². The van der Waals surface area contributed by atoms with Crippen molar-refractivity contribution in [3.05, 3.63) is 28.5 Å². The minimum atomic E-state index is -0.336. The van der Waals surface area contributed by atoms with Gasteiger partial charge in [0.05, 0.1) is 11.5 Å². The summed E-state index contributed by atoms with van der Waals surface area (Å²) >= 11 is 3.30. The minimum absolute atomic E-state index is 0.104. The first-order valence-electron chi connectivity index (χ1n) is 6.20. The molecule has 1 aromatic heterocycles. The van der Waals surface area contributed by atoms with Crippen LogP contribution in [0.3, 0.4) is 0 Å². The van der Waals surface area contributed by atoms with E-state index in [0.29, 0.717) is 12.1 Å². The molecule has 102 valence electrons. The second-order valence-electron chi connectivity index (χ2n) is 4.88. The molecule has 2 rings (SSSR count). The third-order valence-electron chi connectivity index (χ3n) is 3.50. The number of primary amides is 1. The SMILES string of the molecule is C[C@H]1CC[C@H](C(N)=O)CN1C(=O)c1cncc(Br)c1. The van der Waals surface area contributed by atoms with Crippen LogP contribution in [0, 0.1) is 5.92 Å². The topological polar surface area (TPSA) is 76.3 Å². The number of pyridine rings is 1. The van der Waals surface area contributed by atoms with Crippen LogP contribution in [0.2, 0.25) is 0 Å². The van der Waals surface area contributed by atoms with E-state index in [1.807, 2.05) is 6.92 Å². The second-order valence-corrected chi connectivity index (χ2v) is 5.79. The van der Waals surface area contributed by atoms with Gasteiger partial charge in [0.1, 0.15) is 0 Å². The fourth-order valence-corrected chi connectivity index (χ4v) is 2.68. The number of hydrogen-bond acceptors (Lipinski definition) is 3. The minimum Gasteiger partial charge on any atom is -0.369 e. The van der Waals surface area contributed by atoms with Crippen molar-refractivity contribution >= 4 is 27.7 Å². The van der Waals surface area contributed by atoms with E-state index in [0.717, 1.165) is 17.3 Å². The van der Waals surface area contributed by atoms with Crippen molar-refractivity contribution in [1.29, 1.82) is 0 Å². The van der Waals surface area contributed by atoms with E-state index < -0.39 is 0 Å². The number of amides is 2. The number of aromatic nitrogens is 1. The number of likely N-dealkylation sites (tertiary alicyclic amines) is 1. The molecule has 6 heteroatoms. The Bertz CT molecular complexity index is 506. The molecule has 2 atom stereocenters. The van der Waals surface area contributed by atoms with E-state index in [2.05, 4.69) is 20.9 Å². The molecule has 0 radical (unpaired) electrons. The van der Waals surface area contributed by atoms with Crippen LogP contribution < -0.4 is 5.73 Å². The third kappa shape index (κ3) is 3.12. The van der Waals surface area contributed by atoms with Crippen LogP contribution in [-0.4, -0.2) is 34.3 Å². The predicted molar refractivity (Wildman–Crippen MR) is 74.4 cm³/mol. The highest BCUT2D eigenvalue weighted by molar-refractivity contribution is 9.10. The van der Waals surface area contributed by atoms with Crippen LogP contribution in [0.5, 0.6) is 0 Å². The molecule has 0 bridgehead atoms. The lowest BCUT2D eigenvalue weighted by Gasteiger charge is -2.36. The van der Waals surface area contributed by atoms with Gasteiger partial charge in [0.15, 0.2) is 0 Å². The zero-order valence-electron chi connectivity index (χ0n) is 10.7. The van der Waals surface area contributed by atoms with Gasteiger partial charge in [0.25, 0.3) is 5.91 Å². The molecule has 5 nitrogen and oxygen atoms in total. The highest BCUT2D eigenvalue weighted by Crippen LogP contribution is 2.24. The van der Waals surface area contributed by atoms with Crippen molar-refractivity contribution in [2.24, 2.45) is 11.7 Å². The Morgan fingerprint density at radius 2 is 2.16 bits per heavy atom. The summed E-state index contributed by atoms with van der Waals surface area (Å²) in [6, 6.07) is 1.85. The lowest BCUT2D eigenvalue weighted by Crippen LogP contribution is -2.48. The highest BCUT2D eigenvalue weighted by Gasteiger charge is 2.32. The van der Waals surface area contributed by atoms with E-state index in [1.165, 1.54) is 6.20 Å². The molecular formula is C13H16BrN3O2. The summed E-state index contributed by atoms with van der Waals surface area (Å²) in [6.07, 6.45) is 4.70. The summed E-state index contributed by atoms with van der Waals surface area (Å²) in [5.74, 6) is -0.690. The first kappa shape index (κ1) is 14.0. The maximum atomic E-state index is 12.4. The normalized spacial score (nSPS) is 23.2. The van der Waals surface area contributed by atoms with Crippen LogP contribution >= 0.6 is 15.9 Å². The summed E-state index contributed by atoms with van der Waals surface area (Å²) in [5, 5.41) is 0. The zero-order chi connectivity index (χ0) is 14.0. The lowest BCUT2D eigenvalue weighted by molar-refractivity contribution is -0.123. The Hall–Kier alpha value is -1.43. The van der Waals surface area contributed by atoms with E-state index in [4.69, 9.17) is 5.73 Å². The first-order valence-corrected chi connectivity index (χ1v) is 6.99. The fraction of sp³-hybridized carbons (Fsp3) is 0.462. The smallest absolute Gasteiger partial charge is 0.255 e. The quantitative estimate of drug-likeness (QED) is 0.896. The Morgan fingerprint density at radius 1 is 1.42 bits per heavy atom. The maximum absolute atomic E-state index is 12.4. The zero-order valence-corrected chi connectivity index (χ0v) is 12.3. The summed E-state index contributed by atoms with van der Waals surface area (Å²) in [6.45, 7) is 2.38. The van der Waals surface area contributed by atoms with Crippen LogP contribution in [0.4, 0.5) is 0 Å². The maximum Gasteiger partial charge on any atom is 0.255 e. The van der Waals surface area contributed by atoms with Crippen molar-refractivity contribution < 1.29 is 9.59 Å². The van der Waals surface area contributed by atoms with E-state index in [9.17, 15) is 9.59 Å². The number of carbonyl (C=O) groups excluding carboxylic acids is 2. The van der Waals surface area contributed by atoms with Crippen molar-refractivity contribution in [2.45, 2.75) is 25.8 Å². The molecule has 2 heterocycles. The highest BCUT2D eigenvalue weighted by atomic mass is 79.9. The summed E-state index contributed by atoms with van der Waals surface area (Å²) < 4.78 is 0.759. The molecule has 1 aromatic rings. The standard InChI is InChI=1S/C13H16BrN3O2/c1-8-2-3-9(12(15)18)7-17(8)13(19)10-4-11(14)6-16-5-10/h4-6,8-9H,2-3,7H2,1H3,(H2,15,18)/t8-,9-/m0/s1. The van der Waals surface area contributed by atoms with E-state index >= 15 is 0 Å². The van der Waals surface area contributed by atoms with E-state index in [-0.39, 0.29) is 23.8 Å². The van der Waals surface area contributed by atoms with Crippen molar-refractivity contribution in [3.63, 3.8) is 0 Å². The number of rotatable bonds is 2. The van der Waals surface area contributed by atoms with Crippen LogP contribution in [-0.2, 0) is 4.79 Å². The summed E-state index contributed by atoms with van der Waals surface area (Å²) in [7, 11) is 0. The first-order chi connectivity index (χ1) is 8.99. The number of halogens is 1. The number of carbonyl (C=O) groups is 2. The van der Waals surface area contributed by atoms with Crippen molar-refractivity contribution in [1.82, 2.24) is 9.88 Å². The molecule has 2 N–H and O–H groups in total. The number of hydrogen-bond donors (Lipinski definition) is 1. The Labute approximate surface area is 120 Å². The second kappa shape index (κ2) is 5.69. The van der Waals surface area contributed by atoms with Crippen molar-refractivity contribution in [2.75, 3.05) is 6.54 Å². The van der Waals surface area contributed by atoms with Gasteiger partial charge in [-0.1, -0.05) is 0 Å². The molecule has 1 saturated heterocycles. The molecule has 0 saturated carbocycles. The van der Waals surface area contributed by atoms with Crippen LogP contribution in [0.15, 0.2) is 22.9 Å². The van der Waals surface area contributed by atoms with Gasteiger partial charge in [-0.05, 0) is 41.8 Å². The molecule has 1 aliphatic heterocycles. The molecule has 0 spiro atoms. The molecule has 0 aromatic carbocycles. The van der Waals surface area contributed by atoms with Gasteiger partial charge >= 0.3 is 0 Å². The average molecular weight is 326 g/mol. The Balaban J connectivity index is 2.19. The molecule has 1 aliphatic rings. The summed E-state index contributed by atoms with van der Waals surface area (Å²) in [4.78, 5) is 29.4. The van der Waals surface area contributed by atoms with Gasteiger partial charge in [-0.25, -0.2) is 0 Å². The lowest BCUT2D eigenvalue weighted by atomic mass is 9.92. The van der Waals surface area contributed by atoms with Gasteiger partial charge in [-0.15, -0.1) is 0 Å². The van der Waals surface area contributed by atoms with Crippen LogP contribution in [0.1, 0.15) is 30.1 Å². The van der Waals surface area contributed by atoms with Gasteiger partial charge in [0.2, 0.25) is 5.91 Å². The predicted octanol–water partition coefficient (Wildman–Crippen LogP) is 1.57.